The van der Waals surface area contributed by atoms with Crippen LogP contribution in [0.2, 0.25) is 0 Å². The van der Waals surface area contributed by atoms with Gasteiger partial charge in [-0.15, -0.1) is 0 Å². The van der Waals surface area contributed by atoms with Crippen LogP contribution in [0.3, 0.4) is 0 Å². The van der Waals surface area contributed by atoms with E-state index < -0.39 is 0 Å². The van der Waals surface area contributed by atoms with Crippen LogP contribution in [0.25, 0.3) is 0 Å². The first-order valence-corrected chi connectivity index (χ1v) is 9.05. The summed E-state index contributed by atoms with van der Waals surface area (Å²) in [4.78, 5) is 14.8. The van der Waals surface area contributed by atoms with Crippen molar-refractivity contribution in [2.24, 2.45) is 0 Å². The second kappa shape index (κ2) is 7.15. The van der Waals surface area contributed by atoms with E-state index in [2.05, 4.69) is 16.4 Å². The highest BCUT2D eigenvalue weighted by Gasteiger charge is 2.25. The third-order valence-electron chi connectivity index (χ3n) is 4.89. The van der Waals surface area contributed by atoms with E-state index in [4.69, 9.17) is 0 Å². The Balaban J connectivity index is 1.43. The van der Waals surface area contributed by atoms with Gasteiger partial charge in [0, 0.05) is 37.2 Å². The maximum atomic E-state index is 12.9. The average Bonchev–Trinajstić information content (AvgIpc) is 3.34. The zero-order valence-electron chi connectivity index (χ0n) is 15.0. The predicted molar refractivity (Wildman–Crippen MR) is 98.9 cm³/mol. The minimum atomic E-state index is 0.101. The quantitative estimate of drug-likeness (QED) is 0.728. The second-order valence-corrected chi connectivity index (χ2v) is 6.95. The number of nitrogens with zero attached hydrogens (tertiary/aromatic N) is 5. The molecule has 1 fully saturated rings. The Morgan fingerprint density at radius 2 is 2.08 bits per heavy atom. The van der Waals surface area contributed by atoms with Crippen molar-refractivity contribution in [3.63, 3.8) is 0 Å². The molecule has 4 rings (SSSR count). The van der Waals surface area contributed by atoms with E-state index in [0.717, 1.165) is 42.6 Å². The summed E-state index contributed by atoms with van der Waals surface area (Å²) < 4.78 is 3.88. The lowest BCUT2D eigenvalue weighted by Crippen LogP contribution is -2.40. The van der Waals surface area contributed by atoms with Gasteiger partial charge in [0.2, 0.25) is 0 Å². The molecule has 0 unspecified atom stereocenters. The third kappa shape index (κ3) is 3.54. The molecule has 0 bridgehead atoms. The van der Waals surface area contributed by atoms with Crippen LogP contribution in [0.1, 0.15) is 40.4 Å². The molecule has 26 heavy (non-hydrogen) atoms. The number of carbonyl (C=O) groups excluding carboxylic acids is 1. The zero-order valence-corrected chi connectivity index (χ0v) is 15.0. The SMILES string of the molecule is Cc1cnn([C@H]2CCCN(C(=O)c3ccc(Cn4cccn4)cc3)C2)c1. The molecule has 3 aromatic rings. The summed E-state index contributed by atoms with van der Waals surface area (Å²) in [6.45, 7) is 4.28. The molecule has 0 radical (unpaired) electrons. The molecule has 1 atom stereocenters. The summed E-state index contributed by atoms with van der Waals surface area (Å²) >= 11 is 0. The lowest BCUT2D eigenvalue weighted by Gasteiger charge is -2.33. The summed E-state index contributed by atoms with van der Waals surface area (Å²) in [5.74, 6) is 0.101. The number of aromatic nitrogens is 4. The van der Waals surface area contributed by atoms with Gasteiger partial charge in [0.05, 0.1) is 18.8 Å². The number of hydrogen-bond acceptors (Lipinski definition) is 3. The molecule has 0 saturated carbocycles. The summed E-state index contributed by atoms with van der Waals surface area (Å²) in [6, 6.07) is 10.0. The van der Waals surface area contributed by atoms with Crippen molar-refractivity contribution in [3.05, 3.63) is 71.8 Å². The summed E-state index contributed by atoms with van der Waals surface area (Å²) in [5.41, 5.74) is 3.03. The van der Waals surface area contributed by atoms with Gasteiger partial charge in [-0.05, 0) is 49.1 Å². The van der Waals surface area contributed by atoms with Crippen molar-refractivity contribution in [1.29, 1.82) is 0 Å². The van der Waals surface area contributed by atoms with Gasteiger partial charge in [0.15, 0.2) is 0 Å². The number of aryl methyl sites for hydroxylation is 1. The minimum absolute atomic E-state index is 0.101. The van der Waals surface area contributed by atoms with Crippen molar-refractivity contribution < 1.29 is 4.79 Å². The Morgan fingerprint density at radius 1 is 1.23 bits per heavy atom. The number of rotatable bonds is 4. The molecule has 134 valence electrons. The van der Waals surface area contributed by atoms with E-state index in [0.29, 0.717) is 6.54 Å². The maximum Gasteiger partial charge on any atom is 0.253 e. The Hall–Kier alpha value is -2.89. The normalized spacial score (nSPS) is 17.4. The second-order valence-electron chi connectivity index (χ2n) is 6.95. The van der Waals surface area contributed by atoms with Gasteiger partial charge in [-0.1, -0.05) is 12.1 Å². The van der Waals surface area contributed by atoms with Crippen molar-refractivity contribution >= 4 is 5.91 Å². The Bertz CT molecular complexity index is 866. The van der Waals surface area contributed by atoms with Gasteiger partial charge in [0.1, 0.15) is 0 Å². The van der Waals surface area contributed by atoms with Gasteiger partial charge in [-0.25, -0.2) is 0 Å². The average molecular weight is 349 g/mol. The first-order valence-electron chi connectivity index (χ1n) is 9.05. The number of benzene rings is 1. The van der Waals surface area contributed by atoms with E-state index in [-0.39, 0.29) is 11.9 Å². The van der Waals surface area contributed by atoms with Crippen LogP contribution < -0.4 is 0 Å². The van der Waals surface area contributed by atoms with Crippen molar-refractivity contribution in [2.45, 2.75) is 32.4 Å². The molecule has 6 heteroatoms. The molecule has 1 aliphatic heterocycles. The topological polar surface area (TPSA) is 56.0 Å². The van der Waals surface area contributed by atoms with E-state index >= 15 is 0 Å². The first kappa shape index (κ1) is 16.6. The maximum absolute atomic E-state index is 12.9. The molecule has 3 heterocycles. The number of carbonyl (C=O) groups is 1. The standard InChI is InChI=1S/C20H23N5O/c1-16-12-22-25(13-16)19-4-2-10-23(15-19)20(26)18-7-5-17(6-8-18)14-24-11-3-9-21-24/h3,5-9,11-13,19H,2,4,10,14-15H2,1H3/t19-/m0/s1. The van der Waals surface area contributed by atoms with Crippen LogP contribution in [-0.4, -0.2) is 43.5 Å². The lowest BCUT2D eigenvalue weighted by molar-refractivity contribution is 0.0673. The van der Waals surface area contributed by atoms with E-state index in [1.807, 2.05) is 63.9 Å². The Kier molecular flexibility index (Phi) is 4.56. The molecular formula is C20H23N5O. The summed E-state index contributed by atoms with van der Waals surface area (Å²) in [6.07, 6.45) is 9.71. The van der Waals surface area contributed by atoms with Crippen LogP contribution in [0.5, 0.6) is 0 Å². The summed E-state index contributed by atoms with van der Waals surface area (Å²) in [7, 11) is 0. The van der Waals surface area contributed by atoms with Crippen molar-refractivity contribution in [1.82, 2.24) is 24.5 Å². The smallest absolute Gasteiger partial charge is 0.253 e. The predicted octanol–water partition coefficient (Wildman–Crippen LogP) is 2.91. The van der Waals surface area contributed by atoms with Crippen LogP contribution in [0, 0.1) is 6.92 Å². The van der Waals surface area contributed by atoms with E-state index in [9.17, 15) is 4.79 Å². The highest BCUT2D eigenvalue weighted by atomic mass is 16.2. The fraction of sp³-hybridized carbons (Fsp3) is 0.350. The Labute approximate surface area is 153 Å². The van der Waals surface area contributed by atoms with Crippen molar-refractivity contribution in [2.75, 3.05) is 13.1 Å². The highest BCUT2D eigenvalue weighted by Crippen LogP contribution is 2.23. The fourth-order valence-corrected chi connectivity index (χ4v) is 3.50. The van der Waals surface area contributed by atoms with E-state index in [1.165, 1.54) is 0 Å². The van der Waals surface area contributed by atoms with Crippen LogP contribution in [0.4, 0.5) is 0 Å². The van der Waals surface area contributed by atoms with Crippen molar-refractivity contribution in [3.8, 4) is 0 Å². The summed E-state index contributed by atoms with van der Waals surface area (Å²) in [5, 5.41) is 8.64. The van der Waals surface area contributed by atoms with Gasteiger partial charge >= 0.3 is 0 Å². The lowest BCUT2D eigenvalue weighted by atomic mass is 10.0. The molecule has 2 aromatic heterocycles. The van der Waals surface area contributed by atoms with Crippen LogP contribution in [0.15, 0.2) is 55.1 Å². The van der Waals surface area contributed by atoms with Gasteiger partial charge in [0.25, 0.3) is 5.91 Å². The van der Waals surface area contributed by atoms with Gasteiger partial charge in [-0.3, -0.25) is 14.2 Å². The molecule has 6 nitrogen and oxygen atoms in total. The molecular weight excluding hydrogens is 326 g/mol. The number of piperidine rings is 1. The monoisotopic (exact) mass is 349 g/mol. The third-order valence-corrected chi connectivity index (χ3v) is 4.89. The Morgan fingerprint density at radius 3 is 2.77 bits per heavy atom. The van der Waals surface area contributed by atoms with E-state index in [1.54, 1.807) is 6.20 Å². The molecule has 1 saturated heterocycles. The zero-order chi connectivity index (χ0) is 17.9. The number of hydrogen-bond donors (Lipinski definition) is 0. The van der Waals surface area contributed by atoms with Gasteiger partial charge < -0.3 is 4.90 Å². The molecule has 1 aliphatic rings. The minimum Gasteiger partial charge on any atom is -0.337 e. The first-order chi connectivity index (χ1) is 12.7. The fourth-order valence-electron chi connectivity index (χ4n) is 3.50. The molecule has 1 amide bonds. The van der Waals surface area contributed by atoms with Crippen LogP contribution >= 0.6 is 0 Å². The largest absolute Gasteiger partial charge is 0.337 e. The highest BCUT2D eigenvalue weighted by molar-refractivity contribution is 5.94. The number of amides is 1. The van der Waals surface area contributed by atoms with Gasteiger partial charge in [-0.2, -0.15) is 10.2 Å². The number of likely N-dealkylation sites (tertiary alicyclic amines) is 1. The molecule has 0 aliphatic carbocycles. The molecule has 0 spiro atoms. The molecule has 1 aromatic carbocycles. The molecule has 0 N–H and O–H groups in total. The van der Waals surface area contributed by atoms with Crippen LogP contribution in [-0.2, 0) is 6.54 Å².